The molecule has 25 heavy (non-hydrogen) atoms. The van der Waals surface area contributed by atoms with Crippen molar-refractivity contribution in [2.24, 2.45) is 0 Å². The van der Waals surface area contributed by atoms with Gasteiger partial charge in [0.1, 0.15) is 5.82 Å². The maximum atomic E-state index is 13.9. The summed E-state index contributed by atoms with van der Waals surface area (Å²) in [5, 5.41) is 14.5. The second-order valence-electron chi connectivity index (χ2n) is 6.60. The van der Waals surface area contributed by atoms with Gasteiger partial charge in [-0.2, -0.15) is 0 Å². The van der Waals surface area contributed by atoms with Crippen LogP contribution in [-0.4, -0.2) is 51.7 Å². The molecule has 6 nitrogen and oxygen atoms in total. The summed E-state index contributed by atoms with van der Waals surface area (Å²) in [6.45, 7) is 1.31. The summed E-state index contributed by atoms with van der Waals surface area (Å²) in [7, 11) is 1.81. The van der Waals surface area contributed by atoms with Crippen molar-refractivity contribution in [3.05, 3.63) is 53.7 Å². The molecule has 2 aromatic rings. The third kappa shape index (κ3) is 4.05. The van der Waals surface area contributed by atoms with E-state index in [0.29, 0.717) is 37.3 Å². The Hall–Kier alpha value is -2.25. The Balaban J connectivity index is 1.66. The Bertz CT molecular complexity index is 722. The van der Waals surface area contributed by atoms with Crippen LogP contribution < -0.4 is 0 Å². The molecule has 0 saturated carbocycles. The summed E-state index contributed by atoms with van der Waals surface area (Å²) in [6, 6.07) is 8.14. The van der Waals surface area contributed by atoms with Crippen LogP contribution in [0, 0.1) is 5.82 Å². The van der Waals surface area contributed by atoms with Crippen molar-refractivity contribution in [1.29, 1.82) is 0 Å². The van der Waals surface area contributed by atoms with E-state index in [-0.39, 0.29) is 24.8 Å². The van der Waals surface area contributed by atoms with Gasteiger partial charge >= 0.3 is 0 Å². The van der Waals surface area contributed by atoms with Crippen molar-refractivity contribution in [2.75, 3.05) is 20.1 Å². The zero-order valence-electron chi connectivity index (χ0n) is 14.2. The van der Waals surface area contributed by atoms with E-state index in [4.69, 9.17) is 4.52 Å². The minimum atomic E-state index is -1.47. The number of piperidine rings is 1. The molecule has 1 aromatic carbocycles. The predicted octanol–water partition coefficient (Wildman–Crippen LogP) is 1.80. The molecule has 1 amide bonds. The van der Waals surface area contributed by atoms with Gasteiger partial charge in [0.25, 0.3) is 5.91 Å². The second-order valence-corrected chi connectivity index (χ2v) is 6.60. The van der Waals surface area contributed by atoms with E-state index in [1.54, 1.807) is 30.5 Å². The number of aliphatic hydroxyl groups is 1. The molecule has 1 N–H and O–H groups in total. The summed E-state index contributed by atoms with van der Waals surface area (Å²) in [6.07, 6.45) is 2.62. The van der Waals surface area contributed by atoms with Crippen molar-refractivity contribution < 1.29 is 18.8 Å². The van der Waals surface area contributed by atoms with E-state index in [2.05, 4.69) is 5.16 Å². The molecule has 1 aliphatic heterocycles. The van der Waals surface area contributed by atoms with E-state index in [1.807, 2.05) is 11.9 Å². The van der Waals surface area contributed by atoms with Gasteiger partial charge in [-0.05, 0) is 26.0 Å². The molecule has 0 aliphatic carbocycles. The fourth-order valence-electron chi connectivity index (χ4n) is 3.29. The first-order valence-electron chi connectivity index (χ1n) is 8.31. The summed E-state index contributed by atoms with van der Waals surface area (Å²) < 4.78 is 18.9. The van der Waals surface area contributed by atoms with Gasteiger partial charge in [0, 0.05) is 31.3 Å². The minimum Gasteiger partial charge on any atom is -0.379 e. The number of carbonyl (C=O) groups excluding carboxylic acids is 1. The number of hydrogen-bond acceptors (Lipinski definition) is 5. The third-order valence-electron chi connectivity index (χ3n) is 4.47. The van der Waals surface area contributed by atoms with Gasteiger partial charge in [-0.15, -0.1) is 0 Å². The fourth-order valence-corrected chi connectivity index (χ4v) is 3.29. The predicted molar refractivity (Wildman–Crippen MR) is 88.8 cm³/mol. The number of likely N-dealkylation sites (tertiary alicyclic amines) is 1. The molecule has 1 aromatic heterocycles. The zero-order chi connectivity index (χ0) is 17.9. The molecule has 1 aliphatic rings. The van der Waals surface area contributed by atoms with Gasteiger partial charge in [-0.3, -0.25) is 9.69 Å². The van der Waals surface area contributed by atoms with E-state index in [0.717, 1.165) is 0 Å². The van der Waals surface area contributed by atoms with Gasteiger partial charge < -0.3 is 14.5 Å². The van der Waals surface area contributed by atoms with Crippen LogP contribution in [0.15, 0.2) is 41.1 Å². The molecule has 1 saturated heterocycles. The van der Waals surface area contributed by atoms with Crippen LogP contribution in [0.5, 0.6) is 0 Å². The lowest BCUT2D eigenvalue weighted by atomic mass is 9.90. The van der Waals surface area contributed by atoms with Crippen molar-refractivity contribution in [2.45, 2.75) is 31.5 Å². The molecule has 7 heteroatoms. The number of benzene rings is 1. The molecular formula is C18H22FN3O3. The molecule has 1 fully saturated rings. The van der Waals surface area contributed by atoms with Crippen molar-refractivity contribution in [1.82, 2.24) is 15.0 Å². The van der Waals surface area contributed by atoms with Crippen LogP contribution in [0.25, 0.3) is 0 Å². The largest absolute Gasteiger partial charge is 0.379 e. The maximum absolute atomic E-state index is 13.9. The van der Waals surface area contributed by atoms with Gasteiger partial charge in [0.2, 0.25) is 0 Å². The van der Waals surface area contributed by atoms with E-state index < -0.39 is 5.60 Å². The Morgan fingerprint density at radius 2 is 2.20 bits per heavy atom. The molecule has 134 valence electrons. The highest BCUT2D eigenvalue weighted by Crippen LogP contribution is 2.26. The van der Waals surface area contributed by atoms with Gasteiger partial charge in [-0.1, -0.05) is 23.4 Å². The van der Waals surface area contributed by atoms with Crippen LogP contribution in [0.3, 0.4) is 0 Å². The molecule has 2 heterocycles. The minimum absolute atomic E-state index is 0.166. The third-order valence-corrected chi connectivity index (χ3v) is 4.47. The average molecular weight is 347 g/mol. The second kappa shape index (κ2) is 7.33. The first-order chi connectivity index (χ1) is 12.0. The highest BCUT2D eigenvalue weighted by Gasteiger charge is 2.43. The van der Waals surface area contributed by atoms with Gasteiger partial charge in [0.15, 0.2) is 11.4 Å². The molecule has 1 atom stereocenters. The number of carbonyl (C=O) groups is 1. The molecule has 3 rings (SSSR count). The lowest BCUT2D eigenvalue weighted by Crippen LogP contribution is -2.57. The summed E-state index contributed by atoms with van der Waals surface area (Å²) in [5.74, 6) is -0.0316. The monoisotopic (exact) mass is 347 g/mol. The first kappa shape index (κ1) is 17.6. The number of halogens is 1. The molecule has 0 spiro atoms. The number of rotatable bonds is 6. The molecule has 0 radical (unpaired) electrons. The summed E-state index contributed by atoms with van der Waals surface area (Å²) in [4.78, 5) is 16.1. The van der Waals surface area contributed by atoms with Crippen LogP contribution in [0.4, 0.5) is 4.39 Å². The summed E-state index contributed by atoms with van der Waals surface area (Å²) in [5.41, 5.74) is -1.02. The quantitative estimate of drug-likeness (QED) is 0.863. The summed E-state index contributed by atoms with van der Waals surface area (Å²) >= 11 is 0. The van der Waals surface area contributed by atoms with Crippen LogP contribution >= 0.6 is 0 Å². The maximum Gasteiger partial charge on any atom is 0.256 e. The zero-order valence-corrected chi connectivity index (χ0v) is 14.2. The van der Waals surface area contributed by atoms with E-state index >= 15 is 0 Å². The van der Waals surface area contributed by atoms with Crippen LogP contribution in [0.2, 0.25) is 0 Å². The van der Waals surface area contributed by atoms with Crippen molar-refractivity contribution in [3.63, 3.8) is 0 Å². The first-order valence-corrected chi connectivity index (χ1v) is 8.31. The number of nitrogens with zero attached hydrogens (tertiary/aromatic N) is 3. The van der Waals surface area contributed by atoms with E-state index in [9.17, 15) is 14.3 Å². The smallest absolute Gasteiger partial charge is 0.256 e. The van der Waals surface area contributed by atoms with Crippen molar-refractivity contribution >= 4 is 5.91 Å². The van der Waals surface area contributed by atoms with Gasteiger partial charge in [-0.25, -0.2) is 4.39 Å². The Morgan fingerprint density at radius 3 is 2.92 bits per heavy atom. The Kier molecular flexibility index (Phi) is 5.15. The highest BCUT2D eigenvalue weighted by molar-refractivity contribution is 5.86. The molecular weight excluding hydrogens is 325 g/mol. The average Bonchev–Trinajstić information content (AvgIpc) is 3.06. The number of amides is 1. The normalized spacial score (nSPS) is 21.1. The van der Waals surface area contributed by atoms with Crippen LogP contribution in [0.1, 0.15) is 24.2 Å². The SMILES string of the molecule is CN(Cc1ccno1)CC1(O)CCCN(Cc2ccccc2F)C1=O. The van der Waals surface area contributed by atoms with Crippen molar-refractivity contribution in [3.8, 4) is 0 Å². The number of hydrogen-bond donors (Lipinski definition) is 1. The fraction of sp³-hybridized carbons (Fsp3) is 0.444. The lowest BCUT2D eigenvalue weighted by molar-refractivity contribution is -0.160. The lowest BCUT2D eigenvalue weighted by Gasteiger charge is -2.40. The van der Waals surface area contributed by atoms with Gasteiger partial charge in [0.05, 0.1) is 12.7 Å². The number of aromatic nitrogens is 1. The highest BCUT2D eigenvalue weighted by atomic mass is 19.1. The molecule has 1 unspecified atom stereocenters. The topological polar surface area (TPSA) is 69.8 Å². The molecule has 0 bridgehead atoms. The van der Waals surface area contributed by atoms with E-state index in [1.165, 1.54) is 11.0 Å². The Morgan fingerprint density at radius 1 is 1.40 bits per heavy atom. The van der Waals surface area contributed by atoms with Crippen LogP contribution in [-0.2, 0) is 17.9 Å². The standard InChI is InChI=1S/C18H22FN3O3/c1-21(12-15-7-9-20-25-15)13-18(24)8-4-10-22(17(18)23)11-14-5-2-3-6-16(14)19/h2-3,5-7,9,24H,4,8,10-13H2,1H3. The Labute approximate surface area is 145 Å². The number of likely N-dealkylation sites (N-methyl/N-ethyl adjacent to an activating group) is 1.